The molecule has 2 aliphatic rings. The number of rotatable bonds is 6. The Labute approximate surface area is 190 Å². The van der Waals surface area contributed by atoms with E-state index in [0.29, 0.717) is 35.0 Å². The molecule has 5 rings (SSSR count). The van der Waals surface area contributed by atoms with Gasteiger partial charge in [-0.25, -0.2) is 0 Å². The molecule has 3 aromatic carbocycles. The first-order chi connectivity index (χ1) is 16.1. The molecule has 33 heavy (non-hydrogen) atoms. The number of hydrogen-bond donors (Lipinski definition) is 0. The number of methoxy groups -OCH3 is 1. The Bertz CT molecular complexity index is 1300. The lowest BCUT2D eigenvalue weighted by Gasteiger charge is -2.15. The Morgan fingerprint density at radius 2 is 1.79 bits per heavy atom. The number of para-hydroxylation sites is 1. The molecule has 164 valence electrons. The Kier molecular flexibility index (Phi) is 5.40. The zero-order valence-corrected chi connectivity index (χ0v) is 17.9. The summed E-state index contributed by atoms with van der Waals surface area (Å²) < 4.78 is 22.3. The van der Waals surface area contributed by atoms with Gasteiger partial charge in [0.1, 0.15) is 29.6 Å². The number of hydrogen-bond acceptors (Lipinski definition) is 6. The van der Waals surface area contributed by atoms with E-state index in [1.807, 2.05) is 30.3 Å². The van der Waals surface area contributed by atoms with Crippen LogP contribution in [0.25, 0.3) is 6.08 Å². The number of benzene rings is 3. The summed E-state index contributed by atoms with van der Waals surface area (Å²) in [5, 5.41) is 0. The number of carbonyl (C=O) groups excluding carboxylic acids is 2. The predicted octanol–water partition coefficient (Wildman–Crippen LogP) is 4.89. The lowest BCUT2D eigenvalue weighted by Crippen LogP contribution is -2.11. The summed E-state index contributed by atoms with van der Waals surface area (Å²) in [7, 11) is 1.57. The number of fused-ring (bicyclic) bond motifs is 2. The van der Waals surface area contributed by atoms with Gasteiger partial charge < -0.3 is 18.9 Å². The minimum Gasteiger partial charge on any atom is -0.497 e. The van der Waals surface area contributed by atoms with Crippen LogP contribution in [0.3, 0.4) is 0 Å². The van der Waals surface area contributed by atoms with Crippen molar-refractivity contribution in [2.24, 2.45) is 0 Å². The summed E-state index contributed by atoms with van der Waals surface area (Å²) in [5.41, 5.74) is 2.77. The molecule has 0 saturated heterocycles. The number of ether oxygens (including phenoxy) is 4. The topological polar surface area (TPSA) is 71.1 Å². The molecule has 0 spiro atoms. The third kappa shape index (κ3) is 4.23. The standard InChI is InChI=1S/C27H20O6/c1-30-20-8-6-18(7-9-20)23(28)16-31-21-10-11-22-25(14-21)33-26(27(22)29)13-17-12-19-4-2-3-5-24(19)32-15-17/h2-14H,15-16H2,1H3/b26-13-. The van der Waals surface area contributed by atoms with Crippen molar-refractivity contribution in [3.05, 3.63) is 101 Å². The fourth-order valence-electron chi connectivity index (χ4n) is 3.65. The molecule has 0 amide bonds. The van der Waals surface area contributed by atoms with Crippen molar-refractivity contribution in [1.29, 1.82) is 0 Å². The van der Waals surface area contributed by atoms with Crippen LogP contribution in [-0.4, -0.2) is 31.9 Å². The largest absolute Gasteiger partial charge is 0.497 e. The van der Waals surface area contributed by atoms with Gasteiger partial charge in [0.2, 0.25) is 5.78 Å². The molecule has 2 heterocycles. The average Bonchev–Trinajstić information content (AvgIpc) is 3.16. The van der Waals surface area contributed by atoms with Crippen molar-refractivity contribution in [2.45, 2.75) is 0 Å². The summed E-state index contributed by atoms with van der Waals surface area (Å²) in [6.45, 7) is 0.223. The Morgan fingerprint density at radius 3 is 2.61 bits per heavy atom. The van der Waals surface area contributed by atoms with Gasteiger partial charge in [-0.3, -0.25) is 9.59 Å². The predicted molar refractivity (Wildman–Crippen MR) is 122 cm³/mol. The van der Waals surface area contributed by atoms with Gasteiger partial charge in [0.15, 0.2) is 18.1 Å². The molecule has 2 aliphatic heterocycles. The molecular weight excluding hydrogens is 420 g/mol. The number of Topliss-reactive ketones (excluding diaryl/α,β-unsaturated/α-hetero) is 2. The van der Waals surface area contributed by atoms with Gasteiger partial charge >= 0.3 is 0 Å². The maximum atomic E-state index is 12.8. The first kappa shape index (κ1) is 20.6. The van der Waals surface area contributed by atoms with Gasteiger partial charge in [0.25, 0.3) is 0 Å². The summed E-state index contributed by atoms with van der Waals surface area (Å²) in [6, 6.07) is 19.5. The highest BCUT2D eigenvalue weighted by molar-refractivity contribution is 6.12. The van der Waals surface area contributed by atoms with Crippen molar-refractivity contribution < 1.29 is 28.5 Å². The van der Waals surface area contributed by atoms with E-state index in [-0.39, 0.29) is 23.9 Å². The molecule has 6 nitrogen and oxygen atoms in total. The minimum atomic E-state index is -0.203. The van der Waals surface area contributed by atoms with Gasteiger partial charge in [0.05, 0.1) is 12.7 Å². The SMILES string of the molecule is COc1ccc(C(=O)COc2ccc3c(c2)O/C(=C\C2=Cc4ccccc4OC2)C3=O)cc1. The van der Waals surface area contributed by atoms with E-state index in [9.17, 15) is 9.59 Å². The molecule has 0 unspecified atom stereocenters. The summed E-state index contributed by atoms with van der Waals surface area (Å²) in [4.78, 5) is 25.2. The van der Waals surface area contributed by atoms with Crippen LogP contribution in [0.4, 0.5) is 0 Å². The van der Waals surface area contributed by atoms with Gasteiger partial charge in [-0.1, -0.05) is 18.2 Å². The second kappa shape index (κ2) is 8.67. The monoisotopic (exact) mass is 440 g/mol. The molecule has 6 heteroatoms. The lowest BCUT2D eigenvalue weighted by molar-refractivity contribution is 0.0920. The molecule has 0 aromatic heterocycles. The highest BCUT2D eigenvalue weighted by Gasteiger charge is 2.28. The van der Waals surface area contributed by atoms with Crippen molar-refractivity contribution in [1.82, 2.24) is 0 Å². The Hall–Kier alpha value is -4.32. The second-order valence-electron chi connectivity index (χ2n) is 7.58. The smallest absolute Gasteiger partial charge is 0.231 e. The second-order valence-corrected chi connectivity index (χ2v) is 7.58. The van der Waals surface area contributed by atoms with Crippen LogP contribution in [0.15, 0.2) is 84.1 Å². The maximum absolute atomic E-state index is 12.8. The Morgan fingerprint density at radius 1 is 1.00 bits per heavy atom. The molecular formula is C27H20O6. The van der Waals surface area contributed by atoms with E-state index in [0.717, 1.165) is 16.9 Å². The fourth-order valence-corrected chi connectivity index (χ4v) is 3.65. The lowest BCUT2D eigenvalue weighted by atomic mass is 10.1. The molecule has 0 radical (unpaired) electrons. The summed E-state index contributed by atoms with van der Waals surface area (Å²) in [6.07, 6.45) is 3.68. The molecule has 0 fully saturated rings. The normalized spacial score (nSPS) is 15.1. The van der Waals surface area contributed by atoms with Gasteiger partial charge in [-0.05, 0) is 60.2 Å². The van der Waals surface area contributed by atoms with Crippen LogP contribution in [0.1, 0.15) is 26.3 Å². The van der Waals surface area contributed by atoms with Gasteiger partial charge in [0, 0.05) is 17.2 Å². The summed E-state index contributed by atoms with van der Waals surface area (Å²) in [5.74, 6) is 2.19. The fraction of sp³-hybridized carbons (Fsp3) is 0.111. The summed E-state index contributed by atoms with van der Waals surface area (Å²) >= 11 is 0. The van der Waals surface area contributed by atoms with E-state index in [1.165, 1.54) is 0 Å². The van der Waals surface area contributed by atoms with Gasteiger partial charge in [-0.2, -0.15) is 0 Å². The van der Waals surface area contributed by atoms with Crippen LogP contribution in [0, 0.1) is 0 Å². The zero-order chi connectivity index (χ0) is 22.8. The maximum Gasteiger partial charge on any atom is 0.231 e. The van der Waals surface area contributed by atoms with Gasteiger partial charge in [-0.15, -0.1) is 0 Å². The molecule has 0 saturated carbocycles. The van der Waals surface area contributed by atoms with Crippen LogP contribution in [0.2, 0.25) is 0 Å². The number of allylic oxidation sites excluding steroid dienone is 1. The minimum absolute atomic E-state index is 0.134. The molecule has 0 aliphatic carbocycles. The van der Waals surface area contributed by atoms with Crippen LogP contribution in [-0.2, 0) is 0 Å². The molecule has 0 atom stereocenters. The molecule has 0 N–H and O–H groups in total. The van der Waals surface area contributed by atoms with E-state index in [2.05, 4.69) is 0 Å². The quantitative estimate of drug-likeness (QED) is 0.401. The highest BCUT2D eigenvalue weighted by atomic mass is 16.5. The number of carbonyl (C=O) groups is 2. The molecule has 0 bridgehead atoms. The highest BCUT2D eigenvalue weighted by Crippen LogP contribution is 2.35. The van der Waals surface area contributed by atoms with Crippen LogP contribution >= 0.6 is 0 Å². The van der Waals surface area contributed by atoms with Crippen molar-refractivity contribution >= 4 is 17.6 Å². The first-order valence-electron chi connectivity index (χ1n) is 10.4. The molecule has 3 aromatic rings. The van der Waals surface area contributed by atoms with E-state index in [1.54, 1.807) is 55.7 Å². The van der Waals surface area contributed by atoms with E-state index >= 15 is 0 Å². The van der Waals surface area contributed by atoms with E-state index < -0.39 is 0 Å². The van der Waals surface area contributed by atoms with Crippen LogP contribution in [0.5, 0.6) is 23.0 Å². The van der Waals surface area contributed by atoms with E-state index in [4.69, 9.17) is 18.9 Å². The third-order valence-corrected chi connectivity index (χ3v) is 5.39. The zero-order valence-electron chi connectivity index (χ0n) is 17.9. The van der Waals surface area contributed by atoms with Crippen molar-refractivity contribution in [2.75, 3.05) is 20.3 Å². The van der Waals surface area contributed by atoms with Crippen molar-refractivity contribution in [3.8, 4) is 23.0 Å². The third-order valence-electron chi connectivity index (χ3n) is 5.39. The average molecular weight is 440 g/mol. The first-order valence-corrected chi connectivity index (χ1v) is 10.4. The van der Waals surface area contributed by atoms with Crippen LogP contribution < -0.4 is 18.9 Å². The number of ketones is 2. The van der Waals surface area contributed by atoms with Crippen molar-refractivity contribution in [3.63, 3.8) is 0 Å². The Balaban J connectivity index is 1.28.